The van der Waals surface area contributed by atoms with E-state index >= 15 is 0 Å². The van der Waals surface area contributed by atoms with Gasteiger partial charge in [0.2, 0.25) is 11.7 Å². The highest BCUT2D eigenvalue weighted by atomic mass is 32.1. The highest BCUT2D eigenvalue weighted by Gasteiger charge is 2.35. The Balaban J connectivity index is 2.43. The summed E-state index contributed by atoms with van der Waals surface area (Å²) in [5.41, 5.74) is 0.415. The topological polar surface area (TPSA) is 76.3 Å². The first-order valence-corrected chi connectivity index (χ1v) is 6.19. The number of thiol groups is 1. The summed E-state index contributed by atoms with van der Waals surface area (Å²) in [5, 5.41) is 11.1. The van der Waals surface area contributed by atoms with Crippen molar-refractivity contribution in [3.8, 4) is 0 Å². The first-order valence-electron chi connectivity index (χ1n) is 5.55. The zero-order chi connectivity index (χ0) is 13.3. The van der Waals surface area contributed by atoms with Crippen LogP contribution in [0.15, 0.2) is 12.3 Å². The van der Waals surface area contributed by atoms with E-state index in [1.165, 1.54) is 11.1 Å². The normalized spacial score (nSPS) is 19.3. The average molecular weight is 267 g/mol. The third kappa shape index (κ3) is 2.17. The molecule has 0 saturated carbocycles. The summed E-state index contributed by atoms with van der Waals surface area (Å²) in [5.74, 6) is 0.731. The second-order valence-corrected chi connectivity index (χ2v) is 4.68. The number of aromatic nitrogens is 1. The van der Waals surface area contributed by atoms with Crippen LogP contribution in [-0.4, -0.2) is 28.1 Å². The van der Waals surface area contributed by atoms with Gasteiger partial charge in [-0.05, 0) is 24.7 Å². The Morgan fingerprint density at radius 3 is 2.94 bits per heavy atom. The fourth-order valence-electron chi connectivity index (χ4n) is 2.07. The minimum Gasteiger partial charge on any atom is -0.291 e. The van der Waals surface area contributed by atoms with E-state index < -0.39 is 4.92 Å². The van der Waals surface area contributed by atoms with Gasteiger partial charge in [-0.1, -0.05) is 0 Å². The molecule has 1 aliphatic rings. The fourth-order valence-corrected chi connectivity index (χ4v) is 2.31. The smallest absolute Gasteiger partial charge is 0.291 e. The van der Waals surface area contributed by atoms with Gasteiger partial charge in [-0.15, -0.1) is 0 Å². The Bertz CT molecular complexity index is 506. The summed E-state index contributed by atoms with van der Waals surface area (Å²) < 4.78 is 0. The Kier molecular flexibility index (Phi) is 3.51. The van der Waals surface area contributed by atoms with E-state index in [-0.39, 0.29) is 23.3 Å². The molecule has 0 aliphatic carbocycles. The van der Waals surface area contributed by atoms with Crippen LogP contribution in [0.1, 0.15) is 12.0 Å². The van der Waals surface area contributed by atoms with E-state index in [0.29, 0.717) is 24.3 Å². The zero-order valence-corrected chi connectivity index (χ0v) is 10.8. The fraction of sp³-hybridized carbons (Fsp3) is 0.455. The molecular weight excluding hydrogens is 254 g/mol. The molecule has 1 saturated heterocycles. The van der Waals surface area contributed by atoms with Gasteiger partial charge in [0, 0.05) is 24.7 Å². The lowest BCUT2D eigenvalue weighted by Crippen LogP contribution is -2.26. The first-order chi connectivity index (χ1) is 8.54. The molecule has 2 heterocycles. The maximum Gasteiger partial charge on any atom is 0.314 e. The molecule has 1 aromatic heterocycles. The molecule has 1 fully saturated rings. The molecule has 96 valence electrons. The Hall–Kier alpha value is -1.63. The Labute approximate surface area is 110 Å². The van der Waals surface area contributed by atoms with E-state index in [1.54, 1.807) is 13.0 Å². The number of aryl methyl sites for hydroxylation is 1. The lowest BCUT2D eigenvalue weighted by atomic mass is 10.1. The predicted molar refractivity (Wildman–Crippen MR) is 69.9 cm³/mol. The van der Waals surface area contributed by atoms with Crippen LogP contribution in [0.25, 0.3) is 0 Å². The van der Waals surface area contributed by atoms with Gasteiger partial charge in [0.1, 0.15) is 0 Å². The number of anilines is 1. The molecule has 0 spiro atoms. The average Bonchev–Trinajstić information content (AvgIpc) is 2.69. The van der Waals surface area contributed by atoms with Crippen molar-refractivity contribution in [3.63, 3.8) is 0 Å². The van der Waals surface area contributed by atoms with E-state index in [0.717, 1.165) is 0 Å². The van der Waals surface area contributed by atoms with Gasteiger partial charge in [0.25, 0.3) is 0 Å². The van der Waals surface area contributed by atoms with Crippen LogP contribution in [0, 0.1) is 23.0 Å². The number of pyridine rings is 1. The highest BCUT2D eigenvalue weighted by molar-refractivity contribution is 7.80. The standard InChI is InChI=1S/C11H13N3O3S/c1-7-2-3-12-11(10(7)14(16)17)13-5-8(6-18)4-9(13)15/h2-3,8,18H,4-6H2,1H3. The molecule has 2 rings (SSSR count). The molecule has 1 unspecified atom stereocenters. The van der Waals surface area contributed by atoms with Gasteiger partial charge in [-0.3, -0.25) is 19.8 Å². The highest BCUT2D eigenvalue weighted by Crippen LogP contribution is 2.33. The first kappa shape index (κ1) is 12.8. The van der Waals surface area contributed by atoms with E-state index in [1.807, 2.05) is 0 Å². The van der Waals surface area contributed by atoms with Crippen molar-refractivity contribution >= 4 is 30.0 Å². The van der Waals surface area contributed by atoms with Crippen molar-refractivity contribution < 1.29 is 9.72 Å². The van der Waals surface area contributed by atoms with Crippen LogP contribution in [-0.2, 0) is 4.79 Å². The zero-order valence-electron chi connectivity index (χ0n) is 9.87. The summed E-state index contributed by atoms with van der Waals surface area (Å²) in [6.45, 7) is 2.08. The van der Waals surface area contributed by atoms with Crippen LogP contribution in [0.5, 0.6) is 0 Å². The molecule has 7 heteroatoms. The summed E-state index contributed by atoms with van der Waals surface area (Å²) in [4.78, 5) is 27.8. The summed E-state index contributed by atoms with van der Waals surface area (Å²) in [6.07, 6.45) is 1.86. The minimum atomic E-state index is -0.487. The number of nitro groups is 1. The van der Waals surface area contributed by atoms with Crippen molar-refractivity contribution in [2.24, 2.45) is 5.92 Å². The molecule has 0 radical (unpaired) electrons. The van der Waals surface area contributed by atoms with Crippen molar-refractivity contribution in [1.82, 2.24) is 4.98 Å². The van der Waals surface area contributed by atoms with Crippen molar-refractivity contribution in [2.45, 2.75) is 13.3 Å². The monoisotopic (exact) mass is 267 g/mol. The molecular formula is C11H13N3O3S. The van der Waals surface area contributed by atoms with Crippen LogP contribution < -0.4 is 4.90 Å². The number of nitrogens with zero attached hydrogens (tertiary/aromatic N) is 3. The van der Waals surface area contributed by atoms with Crippen LogP contribution in [0.4, 0.5) is 11.5 Å². The van der Waals surface area contributed by atoms with Crippen LogP contribution >= 0.6 is 12.6 Å². The van der Waals surface area contributed by atoms with Crippen LogP contribution in [0.3, 0.4) is 0 Å². The molecule has 0 bridgehead atoms. The molecule has 1 amide bonds. The second kappa shape index (κ2) is 4.93. The molecule has 0 N–H and O–H groups in total. The largest absolute Gasteiger partial charge is 0.314 e. The van der Waals surface area contributed by atoms with E-state index in [4.69, 9.17) is 0 Å². The number of hydrogen-bond donors (Lipinski definition) is 1. The summed E-state index contributed by atoms with van der Waals surface area (Å²) >= 11 is 4.16. The van der Waals surface area contributed by atoms with Gasteiger partial charge in [-0.2, -0.15) is 12.6 Å². The van der Waals surface area contributed by atoms with Gasteiger partial charge >= 0.3 is 5.69 Å². The second-order valence-electron chi connectivity index (χ2n) is 4.31. The Morgan fingerprint density at radius 2 is 2.39 bits per heavy atom. The van der Waals surface area contributed by atoms with Crippen molar-refractivity contribution in [3.05, 3.63) is 27.9 Å². The number of carbonyl (C=O) groups is 1. The van der Waals surface area contributed by atoms with Gasteiger partial charge < -0.3 is 0 Å². The summed E-state index contributed by atoms with van der Waals surface area (Å²) in [6, 6.07) is 1.57. The SMILES string of the molecule is Cc1ccnc(N2CC(CS)CC2=O)c1[N+](=O)[O-]. The van der Waals surface area contributed by atoms with Gasteiger partial charge in [-0.25, -0.2) is 4.98 Å². The Morgan fingerprint density at radius 1 is 1.67 bits per heavy atom. The molecule has 0 aromatic carbocycles. The minimum absolute atomic E-state index is 0.0920. The maximum absolute atomic E-state index is 11.9. The van der Waals surface area contributed by atoms with E-state index in [2.05, 4.69) is 17.6 Å². The number of amides is 1. The molecule has 1 atom stereocenters. The quantitative estimate of drug-likeness (QED) is 0.512. The third-order valence-corrected chi connectivity index (χ3v) is 3.52. The molecule has 1 aromatic rings. The lowest BCUT2D eigenvalue weighted by molar-refractivity contribution is -0.384. The van der Waals surface area contributed by atoms with Crippen molar-refractivity contribution in [2.75, 3.05) is 17.2 Å². The maximum atomic E-state index is 11.9. The number of hydrogen-bond acceptors (Lipinski definition) is 5. The van der Waals surface area contributed by atoms with Gasteiger partial charge in [0.05, 0.1) is 4.92 Å². The summed E-state index contributed by atoms with van der Waals surface area (Å²) in [7, 11) is 0. The predicted octanol–water partition coefficient (Wildman–Crippen LogP) is 1.58. The van der Waals surface area contributed by atoms with Crippen LogP contribution in [0.2, 0.25) is 0 Å². The molecule has 1 aliphatic heterocycles. The lowest BCUT2D eigenvalue weighted by Gasteiger charge is -2.15. The van der Waals surface area contributed by atoms with Gasteiger partial charge in [0.15, 0.2) is 0 Å². The third-order valence-electron chi connectivity index (χ3n) is 3.01. The van der Waals surface area contributed by atoms with E-state index in [9.17, 15) is 14.9 Å². The number of rotatable bonds is 3. The number of carbonyl (C=O) groups excluding carboxylic acids is 1. The molecule has 18 heavy (non-hydrogen) atoms. The molecule has 6 nitrogen and oxygen atoms in total. The van der Waals surface area contributed by atoms with Crippen molar-refractivity contribution in [1.29, 1.82) is 0 Å².